The van der Waals surface area contributed by atoms with Crippen LogP contribution in [0.25, 0.3) is 0 Å². The summed E-state index contributed by atoms with van der Waals surface area (Å²) in [5.74, 6) is 1.47. The molecule has 0 aromatic heterocycles. The molecule has 2 N–H and O–H groups in total. The van der Waals surface area contributed by atoms with Crippen LogP contribution in [0.5, 0.6) is 11.5 Å². The van der Waals surface area contributed by atoms with Crippen LogP contribution in [-0.4, -0.2) is 19.0 Å². The van der Waals surface area contributed by atoms with Gasteiger partial charge in [0.15, 0.2) is 0 Å². The second-order valence-corrected chi connectivity index (χ2v) is 6.25. The van der Waals surface area contributed by atoms with Gasteiger partial charge in [-0.2, -0.15) is 0 Å². The number of ether oxygens (including phenoxy) is 1. The number of nitrogens with one attached hydrogen (secondary N) is 2. The predicted octanol–water partition coefficient (Wildman–Crippen LogP) is 4.64. The van der Waals surface area contributed by atoms with E-state index in [9.17, 15) is 4.79 Å². The molecular formula is C23H24N2O2. The molecule has 4 nitrogen and oxygen atoms in total. The van der Waals surface area contributed by atoms with E-state index in [-0.39, 0.29) is 5.91 Å². The molecule has 138 valence electrons. The standard InChI is InChI=1S/C23H24N2O2/c26-23(18-24-17-7-10-19-8-3-1-4-9-19)25-20-13-15-22(16-14-20)27-21-11-5-2-6-12-21/h1-6,8-9,11-16,24H,7,10,17-18H2,(H,25,26). The molecule has 0 aliphatic carbocycles. The fourth-order valence-corrected chi connectivity index (χ4v) is 2.70. The summed E-state index contributed by atoms with van der Waals surface area (Å²) < 4.78 is 5.74. The number of aryl methyl sites for hydroxylation is 1. The Morgan fingerprint density at radius 3 is 2.11 bits per heavy atom. The molecule has 0 heterocycles. The lowest BCUT2D eigenvalue weighted by atomic mass is 10.1. The first-order chi connectivity index (χ1) is 13.3. The van der Waals surface area contributed by atoms with E-state index in [2.05, 4.69) is 22.8 Å². The highest BCUT2D eigenvalue weighted by molar-refractivity contribution is 5.92. The van der Waals surface area contributed by atoms with Crippen LogP contribution >= 0.6 is 0 Å². The van der Waals surface area contributed by atoms with Crippen LogP contribution in [0, 0.1) is 0 Å². The minimum absolute atomic E-state index is 0.0496. The van der Waals surface area contributed by atoms with Gasteiger partial charge in [0.05, 0.1) is 6.54 Å². The van der Waals surface area contributed by atoms with Gasteiger partial charge >= 0.3 is 0 Å². The van der Waals surface area contributed by atoms with Gasteiger partial charge in [-0.25, -0.2) is 0 Å². The maximum Gasteiger partial charge on any atom is 0.238 e. The monoisotopic (exact) mass is 360 g/mol. The van der Waals surface area contributed by atoms with E-state index in [0.717, 1.165) is 36.6 Å². The van der Waals surface area contributed by atoms with Gasteiger partial charge in [0.2, 0.25) is 5.91 Å². The van der Waals surface area contributed by atoms with E-state index in [0.29, 0.717) is 6.54 Å². The van der Waals surface area contributed by atoms with E-state index in [1.54, 1.807) is 0 Å². The molecule has 3 aromatic carbocycles. The molecule has 0 radical (unpaired) electrons. The van der Waals surface area contributed by atoms with Crippen molar-refractivity contribution in [3.8, 4) is 11.5 Å². The second-order valence-electron chi connectivity index (χ2n) is 6.25. The Balaban J connectivity index is 1.35. The molecule has 0 saturated heterocycles. The topological polar surface area (TPSA) is 50.4 Å². The normalized spacial score (nSPS) is 10.4. The highest BCUT2D eigenvalue weighted by atomic mass is 16.5. The van der Waals surface area contributed by atoms with Gasteiger partial charge in [0, 0.05) is 5.69 Å². The molecule has 4 heteroatoms. The average molecular weight is 360 g/mol. The fourth-order valence-electron chi connectivity index (χ4n) is 2.70. The lowest BCUT2D eigenvalue weighted by Gasteiger charge is -2.09. The zero-order valence-corrected chi connectivity index (χ0v) is 15.2. The van der Waals surface area contributed by atoms with E-state index in [1.807, 2.05) is 72.8 Å². The maximum atomic E-state index is 12.0. The zero-order chi connectivity index (χ0) is 18.7. The summed E-state index contributed by atoms with van der Waals surface area (Å²) in [6.07, 6.45) is 2.02. The van der Waals surface area contributed by atoms with Gasteiger partial charge < -0.3 is 15.4 Å². The molecule has 0 bridgehead atoms. The molecule has 27 heavy (non-hydrogen) atoms. The smallest absolute Gasteiger partial charge is 0.238 e. The Hall–Kier alpha value is -3.11. The number of hydrogen-bond donors (Lipinski definition) is 2. The molecule has 0 fully saturated rings. The van der Waals surface area contributed by atoms with Crippen molar-refractivity contribution in [2.45, 2.75) is 12.8 Å². The summed E-state index contributed by atoms with van der Waals surface area (Å²) in [6.45, 7) is 1.11. The quantitative estimate of drug-likeness (QED) is 0.547. The van der Waals surface area contributed by atoms with Crippen molar-refractivity contribution in [2.24, 2.45) is 0 Å². The molecule has 0 spiro atoms. The number of benzene rings is 3. The molecule has 0 atom stereocenters. The first-order valence-corrected chi connectivity index (χ1v) is 9.17. The highest BCUT2D eigenvalue weighted by Crippen LogP contribution is 2.22. The van der Waals surface area contributed by atoms with Gasteiger partial charge in [-0.3, -0.25) is 4.79 Å². The van der Waals surface area contributed by atoms with Crippen LogP contribution in [0.4, 0.5) is 5.69 Å². The Bertz CT molecular complexity index is 818. The summed E-state index contributed by atoms with van der Waals surface area (Å²) in [4.78, 5) is 12.0. The number of hydrogen-bond acceptors (Lipinski definition) is 3. The first kappa shape index (κ1) is 18.7. The van der Waals surface area contributed by atoms with E-state index < -0.39 is 0 Å². The molecule has 0 aliphatic rings. The summed E-state index contributed by atoms with van der Waals surface area (Å²) in [5.41, 5.74) is 2.08. The van der Waals surface area contributed by atoms with Gasteiger partial charge in [-0.05, 0) is 61.3 Å². The van der Waals surface area contributed by atoms with Crippen LogP contribution in [0.1, 0.15) is 12.0 Å². The van der Waals surface area contributed by atoms with Crippen molar-refractivity contribution in [3.05, 3.63) is 90.5 Å². The van der Waals surface area contributed by atoms with Crippen LogP contribution in [0.15, 0.2) is 84.9 Å². The summed E-state index contributed by atoms with van der Waals surface area (Å²) in [5, 5.41) is 6.07. The molecule has 3 aromatic rings. The van der Waals surface area contributed by atoms with Crippen molar-refractivity contribution in [3.63, 3.8) is 0 Å². The molecule has 0 unspecified atom stereocenters. The van der Waals surface area contributed by atoms with E-state index in [4.69, 9.17) is 4.74 Å². The summed E-state index contributed by atoms with van der Waals surface area (Å²) in [7, 11) is 0. The van der Waals surface area contributed by atoms with Gasteiger partial charge in [-0.1, -0.05) is 48.5 Å². The number of anilines is 1. The predicted molar refractivity (Wildman–Crippen MR) is 109 cm³/mol. The maximum absolute atomic E-state index is 12.0. The van der Waals surface area contributed by atoms with Crippen molar-refractivity contribution < 1.29 is 9.53 Å². The molecule has 0 saturated carbocycles. The van der Waals surface area contributed by atoms with Crippen LogP contribution in [0.3, 0.4) is 0 Å². The van der Waals surface area contributed by atoms with E-state index >= 15 is 0 Å². The number of para-hydroxylation sites is 1. The minimum atomic E-state index is -0.0496. The van der Waals surface area contributed by atoms with Crippen LogP contribution in [0.2, 0.25) is 0 Å². The molecular weight excluding hydrogens is 336 g/mol. The van der Waals surface area contributed by atoms with Crippen LogP contribution < -0.4 is 15.4 Å². The molecule has 3 rings (SSSR count). The van der Waals surface area contributed by atoms with Crippen molar-refractivity contribution in [1.82, 2.24) is 5.32 Å². The third kappa shape index (κ3) is 6.60. The number of amides is 1. The Labute approximate surface area is 160 Å². The van der Waals surface area contributed by atoms with E-state index in [1.165, 1.54) is 5.56 Å². The highest BCUT2D eigenvalue weighted by Gasteiger charge is 2.03. The lowest BCUT2D eigenvalue weighted by Crippen LogP contribution is -2.28. The van der Waals surface area contributed by atoms with Crippen molar-refractivity contribution in [1.29, 1.82) is 0 Å². The first-order valence-electron chi connectivity index (χ1n) is 9.17. The number of carbonyl (C=O) groups excluding carboxylic acids is 1. The SMILES string of the molecule is O=C(CNCCCc1ccccc1)Nc1ccc(Oc2ccccc2)cc1. The number of carbonyl (C=O) groups is 1. The fraction of sp³-hybridized carbons (Fsp3) is 0.174. The van der Waals surface area contributed by atoms with Crippen molar-refractivity contribution >= 4 is 11.6 Å². The lowest BCUT2D eigenvalue weighted by molar-refractivity contribution is -0.115. The third-order valence-electron chi connectivity index (χ3n) is 4.06. The second kappa shape index (κ2) is 10.1. The largest absolute Gasteiger partial charge is 0.457 e. The molecule has 0 aliphatic heterocycles. The van der Waals surface area contributed by atoms with Crippen LogP contribution in [-0.2, 0) is 11.2 Å². The molecule has 1 amide bonds. The summed E-state index contributed by atoms with van der Waals surface area (Å²) >= 11 is 0. The Morgan fingerprint density at radius 1 is 0.778 bits per heavy atom. The summed E-state index contributed by atoms with van der Waals surface area (Å²) in [6, 6.07) is 27.3. The number of rotatable bonds is 9. The van der Waals surface area contributed by atoms with Gasteiger partial charge in [-0.15, -0.1) is 0 Å². The Kier molecular flexibility index (Phi) is 7.01. The zero-order valence-electron chi connectivity index (χ0n) is 15.2. The average Bonchev–Trinajstić information content (AvgIpc) is 2.71. The van der Waals surface area contributed by atoms with Gasteiger partial charge in [0.1, 0.15) is 11.5 Å². The third-order valence-corrected chi connectivity index (χ3v) is 4.06. The Morgan fingerprint density at radius 2 is 1.41 bits per heavy atom. The minimum Gasteiger partial charge on any atom is -0.457 e. The van der Waals surface area contributed by atoms with Crippen molar-refractivity contribution in [2.75, 3.05) is 18.4 Å². The van der Waals surface area contributed by atoms with Gasteiger partial charge in [0.25, 0.3) is 0 Å².